The van der Waals surface area contributed by atoms with Gasteiger partial charge >= 0.3 is 5.97 Å². The Kier molecular flexibility index (Phi) is 15.4. The molecule has 0 fully saturated rings. The molecule has 0 aliphatic carbocycles. The van der Waals surface area contributed by atoms with E-state index in [1.165, 1.54) is 11.8 Å². The Balaban J connectivity index is 1.59. The Labute approximate surface area is 313 Å². The molecule has 1 heterocycles. The normalized spacial score (nSPS) is 15.2. The number of sulfone groups is 1. The van der Waals surface area contributed by atoms with E-state index in [1.807, 2.05) is 48.7 Å². The highest BCUT2D eigenvalue weighted by Gasteiger charge is 2.42. The predicted molar refractivity (Wildman–Crippen MR) is 207 cm³/mol. The number of carboxylic acids is 1. The van der Waals surface area contributed by atoms with Crippen molar-refractivity contribution < 1.29 is 32.6 Å². The summed E-state index contributed by atoms with van der Waals surface area (Å²) in [6.07, 6.45) is 9.18. The summed E-state index contributed by atoms with van der Waals surface area (Å²) in [5, 5.41) is 14.5. The molecule has 4 rings (SSSR count). The van der Waals surface area contributed by atoms with Crippen molar-refractivity contribution in [1.29, 1.82) is 0 Å². The van der Waals surface area contributed by atoms with Crippen LogP contribution in [0.15, 0.2) is 82.6 Å². The number of carboxylic acid groups (broad SMARTS) is 1. The minimum atomic E-state index is -3.77. The summed E-state index contributed by atoms with van der Waals surface area (Å²) in [6.45, 7) is 4.75. The average Bonchev–Trinajstić information content (AvgIpc) is 3.24. The molecule has 10 nitrogen and oxygen atoms in total. The third kappa shape index (κ3) is 11.2. The number of anilines is 2. The summed E-state index contributed by atoms with van der Waals surface area (Å²) >= 11 is 1.41. The molecule has 1 unspecified atom stereocenters. The van der Waals surface area contributed by atoms with Gasteiger partial charge in [-0.05, 0) is 55.7 Å². The van der Waals surface area contributed by atoms with Crippen LogP contribution in [0, 0.1) is 5.41 Å². The number of hydrogen-bond acceptors (Lipinski definition) is 8. The van der Waals surface area contributed by atoms with Gasteiger partial charge in [-0.15, -0.1) is 11.8 Å². The Bertz CT molecular complexity index is 1730. The number of carbonyl (C=O) groups is 3. The van der Waals surface area contributed by atoms with Gasteiger partial charge in [0.25, 0.3) is 5.91 Å². The lowest BCUT2D eigenvalue weighted by molar-refractivity contribution is -0.137. The number of hydrogen-bond donors (Lipinski definition) is 3. The zero-order valence-corrected chi connectivity index (χ0v) is 32.2. The van der Waals surface area contributed by atoms with Gasteiger partial charge in [0.1, 0.15) is 11.8 Å². The summed E-state index contributed by atoms with van der Waals surface area (Å²) in [5.41, 5.74) is 1.68. The van der Waals surface area contributed by atoms with E-state index in [-0.39, 0.29) is 22.8 Å². The number of para-hydroxylation sites is 1. The predicted octanol–water partition coefficient (Wildman–Crippen LogP) is 7.70. The topological polar surface area (TPSA) is 142 Å². The van der Waals surface area contributed by atoms with Gasteiger partial charge in [0.15, 0.2) is 16.4 Å². The molecule has 1 aliphatic heterocycles. The first kappa shape index (κ1) is 40.7. The van der Waals surface area contributed by atoms with Crippen LogP contribution < -0.4 is 20.3 Å². The van der Waals surface area contributed by atoms with E-state index in [4.69, 9.17) is 9.84 Å². The molecular formula is C40H53N3O7S2. The van der Waals surface area contributed by atoms with Gasteiger partial charge in [0.2, 0.25) is 5.91 Å². The number of nitrogens with zero attached hydrogens (tertiary/aromatic N) is 1. The highest BCUT2D eigenvalue weighted by molar-refractivity contribution is 7.98. The molecule has 0 saturated heterocycles. The fourth-order valence-electron chi connectivity index (χ4n) is 6.76. The van der Waals surface area contributed by atoms with Crippen LogP contribution in [0.3, 0.4) is 0 Å². The van der Waals surface area contributed by atoms with Crippen molar-refractivity contribution in [3.63, 3.8) is 0 Å². The summed E-state index contributed by atoms with van der Waals surface area (Å²) in [7, 11) is -3.77. The van der Waals surface area contributed by atoms with Gasteiger partial charge in [0, 0.05) is 36.7 Å². The molecule has 1 aliphatic rings. The van der Waals surface area contributed by atoms with Crippen LogP contribution in [-0.2, 0) is 24.2 Å². The second kappa shape index (κ2) is 19.7. The largest absolute Gasteiger partial charge is 0.483 e. The molecule has 0 aromatic heterocycles. The number of ether oxygens (including phenoxy) is 1. The van der Waals surface area contributed by atoms with Crippen molar-refractivity contribution in [1.82, 2.24) is 10.6 Å². The maximum absolute atomic E-state index is 14.4. The maximum atomic E-state index is 14.4. The van der Waals surface area contributed by atoms with E-state index >= 15 is 0 Å². The third-order valence-electron chi connectivity index (χ3n) is 9.48. The van der Waals surface area contributed by atoms with Gasteiger partial charge in [-0.25, -0.2) is 8.42 Å². The Hall–Kier alpha value is -4.03. The molecule has 0 spiro atoms. The summed E-state index contributed by atoms with van der Waals surface area (Å²) in [5.74, 6) is -1.47. The highest BCUT2D eigenvalue weighted by atomic mass is 32.2. The average molecular weight is 752 g/mol. The van der Waals surface area contributed by atoms with Crippen LogP contribution in [0.5, 0.6) is 5.75 Å². The maximum Gasteiger partial charge on any atom is 0.303 e. The van der Waals surface area contributed by atoms with Gasteiger partial charge in [-0.3, -0.25) is 14.4 Å². The molecule has 12 heteroatoms. The molecule has 3 aromatic carbocycles. The lowest BCUT2D eigenvalue weighted by Gasteiger charge is -2.37. The number of thioether (sulfide) groups is 1. The fraction of sp³-hybridized carbons (Fsp3) is 0.475. The first-order valence-corrected chi connectivity index (χ1v) is 21.1. The van der Waals surface area contributed by atoms with Crippen molar-refractivity contribution in [2.75, 3.05) is 36.6 Å². The standard InChI is InChI=1S/C40H53N3O7S2/c1-4-6-22-40(23-7-5-2)28-43(31-19-13-9-14-20-31)32-25-34(51-3)33(26-35(32)52(48,49)29-40)50-27-36(44)42-38(30-17-11-8-12-18-30)39(47)41-24-16-10-15-21-37(45)46/h8-9,11-14,17-20,25-26,38H,4-7,10,15-16,21-24,27-29H2,1-3H3,(H,41,47)(H,42,44)(H,45,46). The molecule has 1 atom stereocenters. The lowest BCUT2D eigenvalue weighted by Crippen LogP contribution is -2.42. The second-order valence-electron chi connectivity index (χ2n) is 13.6. The first-order valence-electron chi connectivity index (χ1n) is 18.3. The molecule has 2 amide bonds. The van der Waals surface area contributed by atoms with Crippen LogP contribution >= 0.6 is 11.8 Å². The van der Waals surface area contributed by atoms with Crippen LogP contribution in [-0.4, -0.2) is 63.0 Å². The van der Waals surface area contributed by atoms with E-state index in [1.54, 1.807) is 30.3 Å². The first-order chi connectivity index (χ1) is 25.0. The number of unbranched alkanes of at least 4 members (excludes halogenated alkanes) is 4. The molecule has 3 N–H and O–H groups in total. The van der Waals surface area contributed by atoms with Crippen molar-refractivity contribution >= 4 is 50.8 Å². The van der Waals surface area contributed by atoms with E-state index < -0.39 is 45.7 Å². The molecule has 0 bridgehead atoms. The van der Waals surface area contributed by atoms with Gasteiger partial charge < -0.3 is 25.4 Å². The van der Waals surface area contributed by atoms with E-state index in [0.717, 1.165) is 44.2 Å². The second-order valence-corrected chi connectivity index (χ2v) is 16.4. The molecule has 3 aromatic rings. The number of aliphatic carboxylic acids is 1. The van der Waals surface area contributed by atoms with E-state index in [9.17, 15) is 22.8 Å². The van der Waals surface area contributed by atoms with Gasteiger partial charge in [-0.2, -0.15) is 0 Å². The molecular weight excluding hydrogens is 699 g/mol. The number of amides is 2. The van der Waals surface area contributed by atoms with Crippen molar-refractivity contribution in [3.05, 3.63) is 78.4 Å². The van der Waals surface area contributed by atoms with E-state index in [0.29, 0.717) is 48.5 Å². The van der Waals surface area contributed by atoms with Gasteiger partial charge in [-0.1, -0.05) is 94.5 Å². The Morgan fingerprint density at radius 3 is 2.19 bits per heavy atom. The van der Waals surface area contributed by atoms with Gasteiger partial charge in [0.05, 0.1) is 21.2 Å². The van der Waals surface area contributed by atoms with E-state index in [2.05, 4.69) is 29.4 Å². The lowest BCUT2D eigenvalue weighted by atomic mass is 9.79. The van der Waals surface area contributed by atoms with Crippen LogP contribution in [0.25, 0.3) is 0 Å². The number of benzene rings is 3. The van der Waals surface area contributed by atoms with Crippen LogP contribution in [0.2, 0.25) is 0 Å². The zero-order valence-electron chi connectivity index (χ0n) is 30.6. The SMILES string of the molecule is CCCCC1(CCCC)CN(c2ccccc2)c2cc(SC)c(OCC(=O)NC(C(=O)NCCCCCC(=O)O)c3ccccc3)cc2S(=O)(=O)C1. The Morgan fingerprint density at radius 2 is 1.58 bits per heavy atom. The van der Waals surface area contributed by atoms with Crippen LogP contribution in [0.1, 0.15) is 89.7 Å². The molecule has 52 heavy (non-hydrogen) atoms. The smallest absolute Gasteiger partial charge is 0.303 e. The minimum absolute atomic E-state index is 0.0301. The number of fused-ring (bicyclic) bond motifs is 1. The fourth-order valence-corrected chi connectivity index (χ4v) is 9.43. The van der Waals surface area contributed by atoms with Crippen molar-refractivity contribution in [2.24, 2.45) is 5.41 Å². The molecule has 0 radical (unpaired) electrons. The highest BCUT2D eigenvalue weighted by Crippen LogP contribution is 2.47. The third-order valence-corrected chi connectivity index (χ3v) is 12.2. The van der Waals surface area contributed by atoms with Crippen molar-refractivity contribution in [3.8, 4) is 5.75 Å². The number of nitrogens with one attached hydrogen (secondary N) is 2. The zero-order chi connectivity index (χ0) is 37.6. The monoisotopic (exact) mass is 751 g/mol. The minimum Gasteiger partial charge on any atom is -0.483 e. The number of rotatable bonds is 20. The molecule has 0 saturated carbocycles. The number of carbonyl (C=O) groups excluding carboxylic acids is 2. The van der Waals surface area contributed by atoms with Crippen molar-refractivity contribution in [2.45, 2.75) is 93.9 Å². The summed E-state index contributed by atoms with van der Waals surface area (Å²) in [6, 6.07) is 21.2. The summed E-state index contributed by atoms with van der Waals surface area (Å²) < 4.78 is 34.9. The molecule has 282 valence electrons. The quantitative estimate of drug-likeness (QED) is 0.0782. The Morgan fingerprint density at radius 1 is 0.923 bits per heavy atom. The van der Waals surface area contributed by atoms with Crippen LogP contribution in [0.4, 0.5) is 11.4 Å². The summed E-state index contributed by atoms with van der Waals surface area (Å²) in [4.78, 5) is 40.4.